The molecular weight excluding hydrogens is 429 g/mol. The summed E-state index contributed by atoms with van der Waals surface area (Å²) in [5.41, 5.74) is 4.15. The minimum atomic E-state index is -0.218. The maximum absolute atomic E-state index is 14.1. The fourth-order valence-electron chi connectivity index (χ4n) is 4.96. The van der Waals surface area contributed by atoms with Crippen molar-refractivity contribution >= 4 is 5.91 Å². The summed E-state index contributed by atoms with van der Waals surface area (Å²) in [6.07, 6.45) is 2.26. The van der Waals surface area contributed by atoms with Crippen LogP contribution in [-0.4, -0.2) is 53.5 Å². The molecule has 2 aromatic carbocycles. The van der Waals surface area contributed by atoms with E-state index in [2.05, 4.69) is 11.0 Å². The number of pyridine rings is 1. The van der Waals surface area contributed by atoms with Crippen LogP contribution in [-0.2, 0) is 17.7 Å². The lowest BCUT2D eigenvalue weighted by molar-refractivity contribution is 0.0339. The maximum atomic E-state index is 14.1. The summed E-state index contributed by atoms with van der Waals surface area (Å²) < 4.78 is 19.6. The van der Waals surface area contributed by atoms with Gasteiger partial charge in [-0.15, -0.1) is 0 Å². The van der Waals surface area contributed by atoms with Crippen LogP contribution >= 0.6 is 0 Å². The number of carbonyl (C=O) groups is 1. The second-order valence-electron chi connectivity index (χ2n) is 9.02. The first-order valence-corrected chi connectivity index (χ1v) is 12.1. The molecule has 1 atom stereocenters. The number of halogens is 1. The molecule has 1 amide bonds. The molecule has 0 bridgehead atoms. The van der Waals surface area contributed by atoms with Gasteiger partial charge in [-0.25, -0.2) is 4.39 Å². The molecule has 3 heterocycles. The minimum absolute atomic E-state index is 0.0627. The number of aromatic nitrogens is 1. The van der Waals surface area contributed by atoms with Gasteiger partial charge in [0.05, 0.1) is 24.9 Å². The van der Waals surface area contributed by atoms with E-state index in [4.69, 9.17) is 9.72 Å². The van der Waals surface area contributed by atoms with Gasteiger partial charge in [0.2, 0.25) is 0 Å². The predicted molar refractivity (Wildman–Crippen MR) is 129 cm³/mol. The number of nitrogens with zero attached hydrogens (tertiary/aromatic N) is 3. The van der Waals surface area contributed by atoms with E-state index in [1.165, 1.54) is 6.07 Å². The third kappa shape index (κ3) is 5.03. The van der Waals surface area contributed by atoms with Crippen molar-refractivity contribution in [1.29, 1.82) is 0 Å². The maximum Gasteiger partial charge on any atom is 0.254 e. The van der Waals surface area contributed by atoms with Gasteiger partial charge in [-0.05, 0) is 48.2 Å². The van der Waals surface area contributed by atoms with E-state index >= 15 is 0 Å². The van der Waals surface area contributed by atoms with E-state index in [1.54, 1.807) is 12.1 Å². The Balaban J connectivity index is 1.36. The van der Waals surface area contributed by atoms with Crippen molar-refractivity contribution in [2.24, 2.45) is 0 Å². The number of hydrogen-bond acceptors (Lipinski definition) is 4. The van der Waals surface area contributed by atoms with Crippen molar-refractivity contribution in [3.63, 3.8) is 0 Å². The number of rotatable bonds is 6. The third-order valence-electron chi connectivity index (χ3n) is 6.76. The molecule has 0 saturated carbocycles. The highest BCUT2D eigenvalue weighted by Crippen LogP contribution is 2.33. The van der Waals surface area contributed by atoms with E-state index in [1.807, 2.05) is 47.4 Å². The molecule has 2 fully saturated rings. The standard InChI is InChI=1S/C28H30FN3O2/c29-25-11-4-2-7-21(25)19-23-9-5-12-26(30-23)27-13-6-14-32(27)28(33)24-10-3-1-8-22(24)20-31-15-17-34-18-16-31/h1-5,7-12,27H,6,13-20H2/t27-/m1/s1. The first-order valence-electron chi connectivity index (χ1n) is 12.1. The first-order chi connectivity index (χ1) is 16.7. The van der Waals surface area contributed by atoms with Crippen LogP contribution in [0.4, 0.5) is 4.39 Å². The fourth-order valence-corrected chi connectivity index (χ4v) is 4.96. The Bertz CT molecular complexity index is 1150. The molecule has 0 unspecified atom stereocenters. The van der Waals surface area contributed by atoms with Crippen molar-refractivity contribution in [3.05, 3.63) is 101 Å². The van der Waals surface area contributed by atoms with Crippen LogP contribution in [0.2, 0.25) is 0 Å². The number of likely N-dealkylation sites (tertiary alicyclic amines) is 1. The SMILES string of the molecule is O=C(c1ccccc1CN1CCOCC1)N1CCC[C@@H]1c1cccc(Cc2ccccc2F)n1. The average molecular weight is 460 g/mol. The summed E-state index contributed by atoms with van der Waals surface area (Å²) >= 11 is 0. The molecule has 2 aliphatic rings. The van der Waals surface area contributed by atoms with E-state index in [-0.39, 0.29) is 17.8 Å². The van der Waals surface area contributed by atoms with Crippen molar-refractivity contribution in [1.82, 2.24) is 14.8 Å². The Morgan fingerprint density at radius 2 is 1.71 bits per heavy atom. The van der Waals surface area contributed by atoms with Crippen molar-refractivity contribution < 1.29 is 13.9 Å². The van der Waals surface area contributed by atoms with Crippen molar-refractivity contribution in [2.45, 2.75) is 31.8 Å². The molecule has 176 valence electrons. The second-order valence-corrected chi connectivity index (χ2v) is 9.02. The molecular formula is C28H30FN3O2. The lowest BCUT2D eigenvalue weighted by Crippen LogP contribution is -2.37. The van der Waals surface area contributed by atoms with E-state index < -0.39 is 0 Å². The predicted octanol–water partition coefficient (Wildman–Crippen LogP) is 4.62. The molecule has 0 N–H and O–H groups in total. The van der Waals surface area contributed by atoms with Gasteiger partial charge in [-0.3, -0.25) is 14.7 Å². The molecule has 34 heavy (non-hydrogen) atoms. The van der Waals surface area contributed by atoms with Gasteiger partial charge in [0.1, 0.15) is 5.82 Å². The molecule has 3 aromatic rings. The van der Waals surface area contributed by atoms with Crippen LogP contribution in [0.1, 0.15) is 51.8 Å². The van der Waals surface area contributed by atoms with Crippen LogP contribution in [0, 0.1) is 5.82 Å². The van der Waals surface area contributed by atoms with E-state index in [9.17, 15) is 9.18 Å². The van der Waals surface area contributed by atoms with Crippen LogP contribution in [0.5, 0.6) is 0 Å². The molecule has 2 aliphatic heterocycles. The summed E-state index contributed by atoms with van der Waals surface area (Å²) in [5, 5.41) is 0. The van der Waals surface area contributed by atoms with Crippen LogP contribution < -0.4 is 0 Å². The number of morpholine rings is 1. The van der Waals surface area contributed by atoms with Crippen molar-refractivity contribution in [2.75, 3.05) is 32.8 Å². The molecule has 5 rings (SSSR count). The van der Waals surface area contributed by atoms with Gasteiger partial charge in [0.15, 0.2) is 0 Å². The molecule has 0 radical (unpaired) electrons. The van der Waals surface area contributed by atoms with Crippen LogP contribution in [0.25, 0.3) is 0 Å². The molecule has 2 saturated heterocycles. The molecule has 6 heteroatoms. The molecule has 5 nitrogen and oxygen atoms in total. The van der Waals surface area contributed by atoms with Gasteiger partial charge >= 0.3 is 0 Å². The number of benzene rings is 2. The zero-order chi connectivity index (χ0) is 23.3. The second kappa shape index (κ2) is 10.5. The van der Waals surface area contributed by atoms with Crippen molar-refractivity contribution in [3.8, 4) is 0 Å². The largest absolute Gasteiger partial charge is 0.379 e. The number of hydrogen-bond donors (Lipinski definition) is 0. The normalized spacial score (nSPS) is 18.9. The summed E-state index contributed by atoms with van der Waals surface area (Å²) in [7, 11) is 0. The van der Waals surface area contributed by atoms with Gasteiger partial charge in [0.25, 0.3) is 5.91 Å². The summed E-state index contributed by atoms with van der Waals surface area (Å²) in [6.45, 7) is 4.70. The minimum Gasteiger partial charge on any atom is -0.379 e. The Morgan fingerprint density at radius 1 is 0.941 bits per heavy atom. The fraction of sp³-hybridized carbons (Fsp3) is 0.357. The van der Waals surface area contributed by atoms with E-state index in [0.717, 1.165) is 68.2 Å². The highest BCUT2D eigenvalue weighted by atomic mass is 19.1. The van der Waals surface area contributed by atoms with Gasteiger partial charge in [-0.1, -0.05) is 42.5 Å². The van der Waals surface area contributed by atoms with Gasteiger partial charge in [-0.2, -0.15) is 0 Å². The quantitative estimate of drug-likeness (QED) is 0.540. The Labute approximate surface area is 200 Å². The van der Waals surface area contributed by atoms with Crippen LogP contribution in [0.15, 0.2) is 66.7 Å². The Hall–Kier alpha value is -3.09. The topological polar surface area (TPSA) is 45.7 Å². The Kier molecular flexibility index (Phi) is 6.97. The van der Waals surface area contributed by atoms with Gasteiger partial charge < -0.3 is 9.64 Å². The lowest BCUT2D eigenvalue weighted by atomic mass is 10.0. The average Bonchev–Trinajstić information content (AvgIpc) is 3.36. The summed E-state index contributed by atoms with van der Waals surface area (Å²) in [4.78, 5) is 22.9. The Morgan fingerprint density at radius 3 is 2.53 bits per heavy atom. The highest BCUT2D eigenvalue weighted by Gasteiger charge is 2.32. The zero-order valence-electron chi connectivity index (χ0n) is 19.3. The molecule has 0 aliphatic carbocycles. The number of carbonyl (C=O) groups excluding carboxylic acids is 1. The summed E-state index contributed by atoms with van der Waals surface area (Å²) in [6, 6.07) is 20.6. The summed E-state index contributed by atoms with van der Waals surface area (Å²) in [5.74, 6) is -0.156. The third-order valence-corrected chi connectivity index (χ3v) is 6.76. The monoisotopic (exact) mass is 459 g/mol. The molecule has 1 aromatic heterocycles. The first kappa shape index (κ1) is 22.7. The highest BCUT2D eigenvalue weighted by molar-refractivity contribution is 5.96. The zero-order valence-corrected chi connectivity index (χ0v) is 19.3. The molecule has 0 spiro atoms. The van der Waals surface area contributed by atoms with Crippen LogP contribution in [0.3, 0.4) is 0 Å². The smallest absolute Gasteiger partial charge is 0.254 e. The lowest BCUT2D eigenvalue weighted by Gasteiger charge is -2.29. The number of amides is 1. The van der Waals surface area contributed by atoms with Gasteiger partial charge in [0, 0.05) is 43.9 Å². The van der Waals surface area contributed by atoms with E-state index in [0.29, 0.717) is 18.5 Å². The number of ether oxygens (including phenoxy) is 1.